The van der Waals surface area contributed by atoms with E-state index in [4.69, 9.17) is 5.73 Å². The molecule has 14 heavy (non-hydrogen) atoms. The molecule has 0 fully saturated rings. The third-order valence-electron chi connectivity index (χ3n) is 2.57. The number of nitrogens with zero attached hydrogens (tertiary/aromatic N) is 1. The lowest BCUT2D eigenvalue weighted by atomic mass is 10.0. The van der Waals surface area contributed by atoms with Gasteiger partial charge in [0.2, 0.25) is 0 Å². The number of hydrogen-bond acceptors (Lipinski definition) is 3. The summed E-state index contributed by atoms with van der Waals surface area (Å²) in [5.74, 6) is 0. The Morgan fingerprint density at radius 1 is 1.29 bits per heavy atom. The largest absolute Gasteiger partial charge is 0.397 e. The van der Waals surface area contributed by atoms with Crippen LogP contribution < -0.4 is 5.73 Å². The Bertz CT molecular complexity index is 460. The van der Waals surface area contributed by atoms with Crippen LogP contribution in [0.5, 0.6) is 0 Å². The van der Waals surface area contributed by atoms with Gasteiger partial charge < -0.3 is 5.73 Å². The third-order valence-corrected chi connectivity index (χ3v) is 3.47. The summed E-state index contributed by atoms with van der Waals surface area (Å²) in [5.41, 5.74) is 12.4. The zero-order valence-corrected chi connectivity index (χ0v) is 9.32. The zero-order chi connectivity index (χ0) is 10.1. The van der Waals surface area contributed by atoms with Gasteiger partial charge in [-0.05, 0) is 24.0 Å². The van der Waals surface area contributed by atoms with Crippen molar-refractivity contribution in [1.82, 2.24) is 4.98 Å². The maximum absolute atomic E-state index is 6.04. The standard InChI is InChI=1S/C11H14N2S/c1-3-7-5-8(4-2)11-10(9(7)12)13-6-14-11/h5-6H,3-4,12H2,1-2H3. The second kappa shape index (κ2) is 3.58. The molecule has 0 saturated heterocycles. The van der Waals surface area contributed by atoms with E-state index in [9.17, 15) is 0 Å². The highest BCUT2D eigenvalue weighted by atomic mass is 32.1. The van der Waals surface area contributed by atoms with Crippen molar-refractivity contribution in [1.29, 1.82) is 0 Å². The molecule has 0 aliphatic rings. The molecular weight excluding hydrogens is 192 g/mol. The van der Waals surface area contributed by atoms with Gasteiger partial charge in [0.15, 0.2) is 0 Å². The predicted molar refractivity (Wildman–Crippen MR) is 62.8 cm³/mol. The van der Waals surface area contributed by atoms with Gasteiger partial charge in [-0.3, -0.25) is 0 Å². The van der Waals surface area contributed by atoms with Gasteiger partial charge in [0, 0.05) is 0 Å². The summed E-state index contributed by atoms with van der Waals surface area (Å²) < 4.78 is 1.25. The van der Waals surface area contributed by atoms with Gasteiger partial charge in [0.1, 0.15) is 5.52 Å². The number of benzene rings is 1. The average molecular weight is 206 g/mol. The normalized spacial score (nSPS) is 11.0. The number of aromatic nitrogens is 1. The van der Waals surface area contributed by atoms with Crippen LogP contribution in [-0.2, 0) is 12.8 Å². The molecule has 0 amide bonds. The van der Waals surface area contributed by atoms with Crippen LogP contribution in [0.4, 0.5) is 5.69 Å². The van der Waals surface area contributed by atoms with Gasteiger partial charge in [0.25, 0.3) is 0 Å². The first-order chi connectivity index (χ1) is 6.77. The van der Waals surface area contributed by atoms with Crippen LogP contribution in [0.25, 0.3) is 10.2 Å². The van der Waals surface area contributed by atoms with Crippen molar-refractivity contribution in [3.8, 4) is 0 Å². The molecule has 1 aromatic heterocycles. The Kier molecular flexibility index (Phi) is 2.42. The first-order valence-corrected chi connectivity index (χ1v) is 5.79. The highest BCUT2D eigenvalue weighted by Gasteiger charge is 2.09. The van der Waals surface area contributed by atoms with Gasteiger partial charge in [0.05, 0.1) is 15.9 Å². The molecule has 1 aromatic carbocycles. The minimum atomic E-state index is 0.862. The molecule has 0 saturated carbocycles. The molecule has 1 heterocycles. The molecule has 0 bridgehead atoms. The maximum Gasteiger partial charge on any atom is 0.105 e. The van der Waals surface area contributed by atoms with Crippen LogP contribution in [0.3, 0.4) is 0 Å². The fraction of sp³-hybridized carbons (Fsp3) is 0.364. The lowest BCUT2D eigenvalue weighted by Gasteiger charge is -2.07. The summed E-state index contributed by atoms with van der Waals surface area (Å²) in [6.45, 7) is 4.30. The molecule has 2 aromatic rings. The minimum Gasteiger partial charge on any atom is -0.397 e. The lowest BCUT2D eigenvalue weighted by Crippen LogP contribution is -1.96. The van der Waals surface area contributed by atoms with E-state index in [-0.39, 0.29) is 0 Å². The van der Waals surface area contributed by atoms with Crippen molar-refractivity contribution in [2.24, 2.45) is 0 Å². The van der Waals surface area contributed by atoms with Crippen molar-refractivity contribution >= 4 is 27.2 Å². The van der Waals surface area contributed by atoms with Crippen LogP contribution in [0.1, 0.15) is 25.0 Å². The third kappa shape index (κ3) is 1.28. The number of fused-ring (bicyclic) bond motifs is 1. The molecule has 2 nitrogen and oxygen atoms in total. The van der Waals surface area contributed by atoms with E-state index in [1.54, 1.807) is 11.3 Å². The summed E-state index contributed by atoms with van der Waals surface area (Å²) in [4.78, 5) is 4.33. The van der Waals surface area contributed by atoms with Gasteiger partial charge in [-0.25, -0.2) is 4.98 Å². The molecule has 2 rings (SSSR count). The van der Waals surface area contributed by atoms with E-state index >= 15 is 0 Å². The van der Waals surface area contributed by atoms with Crippen LogP contribution in [0.2, 0.25) is 0 Å². The number of rotatable bonds is 2. The Labute approximate surface area is 87.8 Å². The fourth-order valence-corrected chi connectivity index (χ4v) is 2.62. The van der Waals surface area contributed by atoms with Crippen molar-refractivity contribution in [2.45, 2.75) is 26.7 Å². The molecule has 0 radical (unpaired) electrons. The summed E-state index contributed by atoms with van der Waals surface area (Å²) in [5, 5.41) is 0. The van der Waals surface area contributed by atoms with Crippen molar-refractivity contribution in [2.75, 3.05) is 5.73 Å². The zero-order valence-electron chi connectivity index (χ0n) is 8.50. The Balaban J connectivity index is 2.80. The first-order valence-electron chi connectivity index (χ1n) is 4.91. The molecule has 0 unspecified atom stereocenters. The number of anilines is 1. The average Bonchev–Trinajstić information content (AvgIpc) is 2.68. The first kappa shape index (κ1) is 9.46. The van der Waals surface area contributed by atoms with Crippen LogP contribution in [0.15, 0.2) is 11.6 Å². The smallest absolute Gasteiger partial charge is 0.105 e. The van der Waals surface area contributed by atoms with E-state index in [0.29, 0.717) is 0 Å². The SMILES string of the molecule is CCc1cc(CC)c2scnc2c1N. The van der Waals surface area contributed by atoms with Crippen LogP contribution >= 0.6 is 11.3 Å². The second-order valence-electron chi connectivity index (χ2n) is 3.35. The number of nitrogen functional groups attached to an aromatic ring is 1. The molecule has 3 heteroatoms. The van der Waals surface area contributed by atoms with Gasteiger partial charge in [-0.15, -0.1) is 11.3 Å². The van der Waals surface area contributed by atoms with Crippen LogP contribution in [-0.4, -0.2) is 4.98 Å². The molecular formula is C11H14N2S. The Morgan fingerprint density at radius 3 is 2.64 bits per heavy atom. The van der Waals surface area contributed by atoms with Crippen LogP contribution in [0, 0.1) is 0 Å². The summed E-state index contributed by atoms with van der Waals surface area (Å²) in [6, 6.07) is 2.22. The summed E-state index contributed by atoms with van der Waals surface area (Å²) in [7, 11) is 0. The second-order valence-corrected chi connectivity index (χ2v) is 4.20. The maximum atomic E-state index is 6.04. The molecule has 0 aliphatic heterocycles. The van der Waals surface area contributed by atoms with Crippen molar-refractivity contribution in [3.63, 3.8) is 0 Å². The van der Waals surface area contributed by atoms with E-state index in [1.165, 1.54) is 15.8 Å². The minimum absolute atomic E-state index is 0.862. The van der Waals surface area contributed by atoms with E-state index in [1.807, 2.05) is 5.51 Å². The van der Waals surface area contributed by atoms with E-state index < -0.39 is 0 Å². The van der Waals surface area contributed by atoms with Gasteiger partial charge >= 0.3 is 0 Å². The molecule has 0 aliphatic carbocycles. The lowest BCUT2D eigenvalue weighted by molar-refractivity contribution is 1.11. The summed E-state index contributed by atoms with van der Waals surface area (Å²) >= 11 is 1.68. The fourth-order valence-electron chi connectivity index (χ4n) is 1.73. The van der Waals surface area contributed by atoms with Gasteiger partial charge in [-0.2, -0.15) is 0 Å². The quantitative estimate of drug-likeness (QED) is 0.767. The number of thiazole rings is 1. The van der Waals surface area contributed by atoms with E-state index in [0.717, 1.165) is 24.0 Å². The Hall–Kier alpha value is -1.09. The number of aryl methyl sites for hydroxylation is 2. The highest BCUT2D eigenvalue weighted by molar-refractivity contribution is 7.17. The Morgan fingerprint density at radius 2 is 2.00 bits per heavy atom. The van der Waals surface area contributed by atoms with Crippen molar-refractivity contribution in [3.05, 3.63) is 22.7 Å². The molecule has 2 N–H and O–H groups in total. The molecule has 0 spiro atoms. The number of nitrogens with two attached hydrogens (primary N) is 1. The highest BCUT2D eigenvalue weighted by Crippen LogP contribution is 2.30. The summed E-state index contributed by atoms with van der Waals surface area (Å²) in [6.07, 6.45) is 2.03. The molecule has 0 atom stereocenters. The topological polar surface area (TPSA) is 38.9 Å². The number of hydrogen-bond donors (Lipinski definition) is 1. The molecule has 74 valence electrons. The van der Waals surface area contributed by atoms with Crippen molar-refractivity contribution < 1.29 is 0 Å². The van der Waals surface area contributed by atoms with E-state index in [2.05, 4.69) is 24.9 Å². The van der Waals surface area contributed by atoms with Gasteiger partial charge in [-0.1, -0.05) is 19.9 Å². The monoisotopic (exact) mass is 206 g/mol. The predicted octanol–water partition coefficient (Wildman–Crippen LogP) is 3.00.